The number of carbonyl (C=O) groups is 2. The number of alkyl halides is 3. The molecule has 36 heavy (non-hydrogen) atoms. The van der Waals surface area contributed by atoms with Crippen molar-refractivity contribution in [2.24, 2.45) is 0 Å². The summed E-state index contributed by atoms with van der Waals surface area (Å²) in [4.78, 5) is 43.3. The van der Waals surface area contributed by atoms with Crippen LogP contribution < -0.4 is 5.56 Å². The molecule has 0 unspecified atom stereocenters. The van der Waals surface area contributed by atoms with E-state index in [1.54, 1.807) is 13.0 Å². The Hall–Kier alpha value is -3.20. The highest BCUT2D eigenvalue weighted by Gasteiger charge is 2.33. The van der Waals surface area contributed by atoms with E-state index in [0.29, 0.717) is 29.6 Å². The summed E-state index contributed by atoms with van der Waals surface area (Å²) in [6.07, 6.45) is -1.59. The summed E-state index contributed by atoms with van der Waals surface area (Å²) in [5, 5.41) is 0.0134. The van der Waals surface area contributed by atoms with E-state index in [9.17, 15) is 27.6 Å². The summed E-state index contributed by atoms with van der Waals surface area (Å²) in [6, 6.07) is 9.11. The van der Waals surface area contributed by atoms with Crippen LogP contribution in [-0.2, 0) is 28.7 Å². The van der Waals surface area contributed by atoms with Crippen molar-refractivity contribution < 1.29 is 22.8 Å². The highest BCUT2D eigenvalue weighted by Crippen LogP contribution is 2.35. The number of benzene rings is 2. The van der Waals surface area contributed by atoms with Crippen LogP contribution in [0, 0.1) is 0 Å². The van der Waals surface area contributed by atoms with Crippen LogP contribution in [0.15, 0.2) is 47.5 Å². The lowest BCUT2D eigenvalue weighted by Crippen LogP contribution is -2.36. The molecule has 2 heterocycles. The third kappa shape index (κ3) is 5.78. The van der Waals surface area contributed by atoms with Crippen molar-refractivity contribution in [1.82, 2.24) is 14.5 Å². The zero-order valence-electron chi connectivity index (χ0n) is 19.6. The molecule has 2 aromatic carbocycles. The predicted octanol–water partition coefficient (Wildman–Crippen LogP) is 5.00. The van der Waals surface area contributed by atoms with Crippen LogP contribution in [0.4, 0.5) is 13.2 Å². The number of piperidine rings is 1. The number of halogens is 4. The maximum absolute atomic E-state index is 13.1. The molecule has 0 bridgehead atoms. The number of Topliss-reactive ketones (excluding diaryl/α,β-unsaturated/α-hetero) is 1. The van der Waals surface area contributed by atoms with E-state index in [1.807, 2.05) is 17.0 Å². The molecule has 1 aliphatic rings. The van der Waals surface area contributed by atoms with Gasteiger partial charge in [0.15, 0.2) is 5.78 Å². The fraction of sp³-hybridized carbons (Fsp3) is 0.385. The van der Waals surface area contributed by atoms with Gasteiger partial charge in [-0.15, -0.1) is 0 Å². The van der Waals surface area contributed by atoms with Gasteiger partial charge in [0.1, 0.15) is 0 Å². The molecule has 4 rings (SSSR count). The van der Waals surface area contributed by atoms with Gasteiger partial charge < -0.3 is 4.90 Å². The number of hydrogen-bond donors (Lipinski definition) is 0. The summed E-state index contributed by atoms with van der Waals surface area (Å²) in [5.41, 5.74) is 0.574. The molecule has 190 valence electrons. The second-order valence-electron chi connectivity index (χ2n) is 9.09. The van der Waals surface area contributed by atoms with Crippen molar-refractivity contribution in [1.29, 1.82) is 0 Å². The molecule has 10 heteroatoms. The van der Waals surface area contributed by atoms with Crippen molar-refractivity contribution in [3.05, 3.63) is 74.8 Å². The number of carbonyl (C=O) groups excluding carboxylic acids is 2. The number of fused-ring (bicyclic) bond motifs is 1. The van der Waals surface area contributed by atoms with Gasteiger partial charge in [0, 0.05) is 26.4 Å². The second-order valence-corrected chi connectivity index (χ2v) is 9.49. The Balaban J connectivity index is 1.45. The van der Waals surface area contributed by atoms with Crippen molar-refractivity contribution in [3.8, 4) is 0 Å². The van der Waals surface area contributed by atoms with E-state index in [4.69, 9.17) is 11.6 Å². The van der Waals surface area contributed by atoms with Gasteiger partial charge in [-0.25, -0.2) is 4.98 Å². The molecule has 0 atom stereocenters. The maximum atomic E-state index is 13.1. The number of nitrogens with zero attached hydrogens (tertiary/aromatic N) is 3. The molecular formula is C26H25ClF3N3O3. The van der Waals surface area contributed by atoms with Gasteiger partial charge in [0.25, 0.3) is 5.56 Å². The quantitative estimate of drug-likeness (QED) is 0.459. The molecule has 0 N–H and O–H groups in total. The molecule has 6 nitrogen and oxygen atoms in total. The monoisotopic (exact) mass is 519 g/mol. The molecule has 1 amide bonds. The van der Waals surface area contributed by atoms with Crippen molar-refractivity contribution >= 4 is 34.2 Å². The van der Waals surface area contributed by atoms with E-state index in [-0.39, 0.29) is 42.6 Å². The van der Waals surface area contributed by atoms with Crippen LogP contribution in [0.1, 0.15) is 48.8 Å². The topological polar surface area (TPSA) is 72.3 Å². The molecule has 0 spiro atoms. The number of hydrogen-bond acceptors (Lipinski definition) is 4. The van der Waals surface area contributed by atoms with Crippen LogP contribution in [-0.4, -0.2) is 39.2 Å². The number of likely N-dealkylation sites (tertiary alicyclic amines) is 1. The smallest absolute Gasteiger partial charge is 0.343 e. The Kier molecular flexibility index (Phi) is 7.49. The SMILES string of the molecule is CC(=O)N1CCC(c2ccc3ncn(CC(=O)CCc4ccc(Cl)c(C(F)(F)F)c4)c(=O)c3c2)CC1. The minimum atomic E-state index is -4.58. The van der Waals surface area contributed by atoms with E-state index >= 15 is 0 Å². The van der Waals surface area contributed by atoms with Crippen LogP contribution in [0.3, 0.4) is 0 Å². The normalized spacial score (nSPS) is 14.9. The molecule has 0 saturated carbocycles. The fourth-order valence-corrected chi connectivity index (χ4v) is 4.79. The predicted molar refractivity (Wildman–Crippen MR) is 130 cm³/mol. The molecule has 3 aromatic rings. The van der Waals surface area contributed by atoms with Gasteiger partial charge in [-0.2, -0.15) is 13.2 Å². The second kappa shape index (κ2) is 10.4. The lowest BCUT2D eigenvalue weighted by Gasteiger charge is -2.31. The third-order valence-electron chi connectivity index (χ3n) is 6.64. The molecule has 1 fully saturated rings. The molecule has 0 aliphatic carbocycles. The molecule has 0 radical (unpaired) electrons. The summed E-state index contributed by atoms with van der Waals surface area (Å²) < 4.78 is 40.4. The van der Waals surface area contributed by atoms with Crippen molar-refractivity contribution in [3.63, 3.8) is 0 Å². The van der Waals surface area contributed by atoms with Crippen LogP contribution in [0.25, 0.3) is 10.9 Å². The Labute approximate surface area is 210 Å². The standard InChI is InChI=1S/C26H25ClF3N3O3/c1-16(34)32-10-8-18(9-11-32)19-4-7-24-21(13-19)25(36)33(15-31-24)14-20(35)5-2-17-3-6-23(27)22(12-17)26(28,29)30/h3-4,6-7,12-13,15,18H,2,5,8-11,14H2,1H3. The Morgan fingerprint density at radius 1 is 1.11 bits per heavy atom. The van der Waals surface area contributed by atoms with Gasteiger partial charge in [-0.05, 0) is 60.6 Å². The minimum absolute atomic E-state index is 0.0296. The van der Waals surface area contributed by atoms with Crippen molar-refractivity contribution in [2.45, 2.75) is 51.2 Å². The Morgan fingerprint density at radius 3 is 2.50 bits per heavy atom. The maximum Gasteiger partial charge on any atom is 0.417 e. The fourth-order valence-electron chi connectivity index (χ4n) is 4.57. The first-order valence-corrected chi connectivity index (χ1v) is 12.0. The molecule has 1 aliphatic heterocycles. The number of amides is 1. The Morgan fingerprint density at radius 2 is 1.83 bits per heavy atom. The first-order valence-electron chi connectivity index (χ1n) is 11.6. The average Bonchev–Trinajstić information content (AvgIpc) is 2.84. The molecule has 1 saturated heterocycles. The van der Waals surface area contributed by atoms with E-state index < -0.39 is 16.8 Å². The van der Waals surface area contributed by atoms with Gasteiger partial charge >= 0.3 is 6.18 Å². The van der Waals surface area contributed by atoms with E-state index in [0.717, 1.165) is 24.5 Å². The summed E-state index contributed by atoms with van der Waals surface area (Å²) in [7, 11) is 0. The van der Waals surface area contributed by atoms with Gasteiger partial charge in [-0.1, -0.05) is 23.7 Å². The largest absolute Gasteiger partial charge is 0.417 e. The molecule has 1 aromatic heterocycles. The number of rotatable bonds is 6. The first-order chi connectivity index (χ1) is 17.0. The molecular weight excluding hydrogens is 495 g/mol. The zero-order valence-corrected chi connectivity index (χ0v) is 20.4. The summed E-state index contributed by atoms with van der Waals surface area (Å²) in [6.45, 7) is 2.67. The third-order valence-corrected chi connectivity index (χ3v) is 6.96. The van der Waals surface area contributed by atoms with E-state index in [1.165, 1.54) is 23.0 Å². The van der Waals surface area contributed by atoms with Crippen molar-refractivity contribution in [2.75, 3.05) is 13.1 Å². The highest BCUT2D eigenvalue weighted by atomic mass is 35.5. The van der Waals surface area contributed by atoms with Gasteiger partial charge in [-0.3, -0.25) is 19.0 Å². The number of aromatic nitrogens is 2. The zero-order chi connectivity index (χ0) is 26.0. The number of ketones is 1. The minimum Gasteiger partial charge on any atom is -0.343 e. The first kappa shape index (κ1) is 25.9. The lowest BCUT2D eigenvalue weighted by molar-refractivity contribution is -0.137. The number of aryl methyl sites for hydroxylation is 1. The summed E-state index contributed by atoms with van der Waals surface area (Å²) in [5.74, 6) is -0.0178. The lowest BCUT2D eigenvalue weighted by atomic mass is 9.89. The highest BCUT2D eigenvalue weighted by molar-refractivity contribution is 6.31. The summed E-state index contributed by atoms with van der Waals surface area (Å²) >= 11 is 5.65. The average molecular weight is 520 g/mol. The van der Waals surface area contributed by atoms with E-state index in [2.05, 4.69) is 4.98 Å². The Bertz CT molecular complexity index is 1360. The van der Waals surface area contributed by atoms with Crippen LogP contribution in [0.2, 0.25) is 5.02 Å². The van der Waals surface area contributed by atoms with Crippen LogP contribution in [0.5, 0.6) is 0 Å². The van der Waals surface area contributed by atoms with Crippen LogP contribution >= 0.6 is 11.6 Å². The van der Waals surface area contributed by atoms with Gasteiger partial charge in [0.05, 0.1) is 34.4 Å². The van der Waals surface area contributed by atoms with Gasteiger partial charge in [0.2, 0.25) is 5.91 Å².